The van der Waals surface area contributed by atoms with Crippen LogP contribution in [0.25, 0.3) is 0 Å². The zero-order chi connectivity index (χ0) is 47.9. The van der Waals surface area contributed by atoms with Crippen LogP contribution in [0.1, 0.15) is 322 Å². The molecule has 0 radical (unpaired) electrons. The van der Waals surface area contributed by atoms with E-state index in [0.717, 1.165) is 70.6 Å². The highest BCUT2D eigenvalue weighted by Crippen LogP contribution is 2.18. The van der Waals surface area contributed by atoms with Crippen LogP contribution in [0.2, 0.25) is 0 Å². The molecule has 390 valence electrons. The lowest BCUT2D eigenvalue weighted by Gasteiger charge is -2.22. The fourth-order valence-electron chi connectivity index (χ4n) is 9.20. The van der Waals surface area contributed by atoms with Crippen LogP contribution in [-0.4, -0.2) is 47.4 Å². The van der Waals surface area contributed by atoms with Gasteiger partial charge < -0.3 is 20.3 Å². The summed E-state index contributed by atoms with van der Waals surface area (Å²) < 4.78 is 5.46. The van der Waals surface area contributed by atoms with E-state index in [2.05, 4.69) is 43.5 Å². The summed E-state index contributed by atoms with van der Waals surface area (Å²) in [5, 5.41) is 23.3. The maximum absolute atomic E-state index is 12.5. The first-order valence-electron chi connectivity index (χ1n) is 29.6. The van der Waals surface area contributed by atoms with E-state index in [1.807, 2.05) is 0 Å². The van der Waals surface area contributed by atoms with Crippen molar-refractivity contribution in [3.8, 4) is 0 Å². The Kier molecular flexibility index (Phi) is 54.5. The molecule has 0 aliphatic carbocycles. The summed E-state index contributed by atoms with van der Waals surface area (Å²) in [5.41, 5.74) is 0. The van der Waals surface area contributed by atoms with Crippen molar-refractivity contribution in [1.29, 1.82) is 0 Å². The van der Waals surface area contributed by atoms with Gasteiger partial charge >= 0.3 is 5.97 Å². The smallest absolute Gasteiger partial charge is 0.305 e. The highest BCUT2D eigenvalue weighted by atomic mass is 16.5. The average molecular weight is 931 g/mol. The Hall–Kier alpha value is -1.66. The third-order valence-corrected chi connectivity index (χ3v) is 13.8. The largest absolute Gasteiger partial charge is 0.466 e. The highest BCUT2D eigenvalue weighted by Gasteiger charge is 2.20. The number of amides is 1. The SMILES string of the molecule is CCCCCC/C=C\C/C=C\CCCCCCCC(=O)OCCCCCCCCCCCC(=O)NC(CO)C(O)CCCCCCCCCCCCCCCCCCCCCCCCCC. The topological polar surface area (TPSA) is 95.9 Å². The van der Waals surface area contributed by atoms with E-state index in [9.17, 15) is 19.8 Å². The summed E-state index contributed by atoms with van der Waals surface area (Å²) in [6.07, 6.45) is 67.4. The van der Waals surface area contributed by atoms with Gasteiger partial charge in [0.15, 0.2) is 0 Å². The van der Waals surface area contributed by atoms with Crippen LogP contribution in [0.5, 0.6) is 0 Å². The second kappa shape index (κ2) is 55.9. The van der Waals surface area contributed by atoms with Gasteiger partial charge in [-0.2, -0.15) is 0 Å². The summed E-state index contributed by atoms with van der Waals surface area (Å²) in [6, 6.07) is -0.564. The number of unbranched alkanes of at least 4 members (excludes halogenated alkanes) is 40. The predicted octanol–water partition coefficient (Wildman–Crippen LogP) is 18.2. The first kappa shape index (κ1) is 64.3. The van der Waals surface area contributed by atoms with Crippen molar-refractivity contribution >= 4 is 11.9 Å². The monoisotopic (exact) mass is 930 g/mol. The number of hydrogen-bond acceptors (Lipinski definition) is 5. The molecule has 0 rings (SSSR count). The molecule has 0 saturated heterocycles. The summed E-state index contributed by atoms with van der Waals surface area (Å²) >= 11 is 0. The van der Waals surface area contributed by atoms with Gasteiger partial charge in [-0.1, -0.05) is 276 Å². The number of nitrogens with one attached hydrogen (secondary N) is 1. The van der Waals surface area contributed by atoms with Crippen LogP contribution in [0.15, 0.2) is 24.3 Å². The van der Waals surface area contributed by atoms with Crippen molar-refractivity contribution in [3.05, 3.63) is 24.3 Å². The molecule has 0 heterocycles. The van der Waals surface area contributed by atoms with Crippen molar-refractivity contribution in [2.24, 2.45) is 0 Å². The molecule has 0 bridgehead atoms. The Morgan fingerprint density at radius 1 is 0.424 bits per heavy atom. The molecule has 2 unspecified atom stereocenters. The maximum Gasteiger partial charge on any atom is 0.305 e. The van der Waals surface area contributed by atoms with Crippen molar-refractivity contribution < 1.29 is 24.5 Å². The van der Waals surface area contributed by atoms with E-state index >= 15 is 0 Å². The first-order valence-corrected chi connectivity index (χ1v) is 29.6. The molecule has 0 aromatic carbocycles. The van der Waals surface area contributed by atoms with Crippen molar-refractivity contribution in [3.63, 3.8) is 0 Å². The Morgan fingerprint density at radius 3 is 1.17 bits per heavy atom. The number of carbonyl (C=O) groups is 2. The summed E-state index contributed by atoms with van der Waals surface area (Å²) in [4.78, 5) is 24.6. The number of aliphatic hydroxyl groups is 2. The molecule has 66 heavy (non-hydrogen) atoms. The molecular formula is C60H115NO5. The van der Waals surface area contributed by atoms with Gasteiger partial charge in [0.1, 0.15) is 0 Å². The zero-order valence-electron chi connectivity index (χ0n) is 44.4. The number of aliphatic hydroxyl groups excluding tert-OH is 2. The number of allylic oxidation sites excluding steroid dienone is 4. The van der Waals surface area contributed by atoms with Gasteiger partial charge in [0.25, 0.3) is 0 Å². The van der Waals surface area contributed by atoms with Gasteiger partial charge in [-0.25, -0.2) is 0 Å². The molecule has 0 aromatic rings. The number of ether oxygens (including phenoxy) is 1. The first-order chi connectivity index (χ1) is 32.5. The van der Waals surface area contributed by atoms with E-state index in [-0.39, 0.29) is 18.5 Å². The van der Waals surface area contributed by atoms with E-state index in [0.29, 0.717) is 25.9 Å². The maximum atomic E-state index is 12.5. The lowest BCUT2D eigenvalue weighted by atomic mass is 10.0. The molecule has 6 heteroatoms. The minimum absolute atomic E-state index is 0.0373. The highest BCUT2D eigenvalue weighted by molar-refractivity contribution is 5.76. The van der Waals surface area contributed by atoms with Crippen molar-refractivity contribution in [2.45, 2.75) is 334 Å². The molecule has 0 saturated carbocycles. The molecule has 0 aliphatic rings. The molecule has 3 N–H and O–H groups in total. The second-order valence-electron chi connectivity index (χ2n) is 20.3. The fourth-order valence-corrected chi connectivity index (χ4v) is 9.20. The van der Waals surface area contributed by atoms with Gasteiger partial charge in [-0.15, -0.1) is 0 Å². The van der Waals surface area contributed by atoms with E-state index in [4.69, 9.17) is 4.74 Å². The number of hydrogen-bond donors (Lipinski definition) is 3. The van der Waals surface area contributed by atoms with Crippen LogP contribution in [0, 0.1) is 0 Å². The summed E-state index contributed by atoms with van der Waals surface area (Å²) in [5.74, 6) is -0.0978. The molecule has 0 fully saturated rings. The normalized spacial score (nSPS) is 12.7. The van der Waals surface area contributed by atoms with E-state index < -0.39 is 12.1 Å². The van der Waals surface area contributed by atoms with Crippen LogP contribution in [0.4, 0.5) is 0 Å². The minimum Gasteiger partial charge on any atom is -0.466 e. The Bertz CT molecular complexity index is 1030. The molecule has 0 spiro atoms. The number of esters is 1. The third-order valence-electron chi connectivity index (χ3n) is 13.8. The minimum atomic E-state index is -0.684. The van der Waals surface area contributed by atoms with Gasteiger partial charge in [0.05, 0.1) is 25.4 Å². The molecule has 2 atom stereocenters. The summed E-state index contributed by atoms with van der Waals surface area (Å²) in [7, 11) is 0. The van der Waals surface area contributed by atoms with Crippen LogP contribution in [0.3, 0.4) is 0 Å². The molecular weight excluding hydrogens is 815 g/mol. The fraction of sp³-hybridized carbons (Fsp3) is 0.900. The van der Waals surface area contributed by atoms with E-state index in [1.165, 1.54) is 218 Å². The summed E-state index contributed by atoms with van der Waals surface area (Å²) in [6.45, 7) is 4.89. The molecule has 0 aromatic heterocycles. The van der Waals surface area contributed by atoms with Crippen LogP contribution in [-0.2, 0) is 14.3 Å². The van der Waals surface area contributed by atoms with Crippen LogP contribution >= 0.6 is 0 Å². The van der Waals surface area contributed by atoms with Crippen LogP contribution < -0.4 is 5.32 Å². The quantitative estimate of drug-likeness (QED) is 0.0321. The Labute approximate surface area is 411 Å². The average Bonchev–Trinajstić information content (AvgIpc) is 3.32. The van der Waals surface area contributed by atoms with Gasteiger partial charge in [0, 0.05) is 12.8 Å². The third kappa shape index (κ3) is 51.7. The zero-order valence-corrected chi connectivity index (χ0v) is 44.4. The standard InChI is InChI=1S/C60H115NO5/c1-3-5-7-9-11-13-15-17-19-21-22-23-24-25-26-27-28-29-31-33-36-40-44-48-52-58(63)57(56-62)61-59(64)53-49-45-41-37-35-39-43-47-51-55-66-60(65)54-50-46-42-38-34-32-30-20-18-16-14-12-10-8-6-4-2/h14,16,20,30,57-58,62-63H,3-13,15,17-19,21-29,31-56H2,1-2H3,(H,61,64)/b16-14-,30-20-. The molecule has 1 amide bonds. The molecule has 0 aliphatic heterocycles. The number of carbonyl (C=O) groups excluding carboxylic acids is 2. The number of rotatable bonds is 55. The Morgan fingerprint density at radius 2 is 0.758 bits per heavy atom. The van der Waals surface area contributed by atoms with Gasteiger partial charge in [-0.3, -0.25) is 9.59 Å². The van der Waals surface area contributed by atoms with Gasteiger partial charge in [-0.05, 0) is 57.8 Å². The Balaban J connectivity index is 3.47. The van der Waals surface area contributed by atoms with Crippen molar-refractivity contribution in [2.75, 3.05) is 13.2 Å². The van der Waals surface area contributed by atoms with Crippen molar-refractivity contribution in [1.82, 2.24) is 5.32 Å². The second-order valence-corrected chi connectivity index (χ2v) is 20.3. The lowest BCUT2D eigenvalue weighted by Crippen LogP contribution is -2.45. The lowest BCUT2D eigenvalue weighted by molar-refractivity contribution is -0.143. The van der Waals surface area contributed by atoms with E-state index in [1.54, 1.807) is 0 Å². The predicted molar refractivity (Wildman–Crippen MR) is 287 cm³/mol. The molecule has 6 nitrogen and oxygen atoms in total. The van der Waals surface area contributed by atoms with Gasteiger partial charge in [0.2, 0.25) is 5.91 Å².